The predicted octanol–water partition coefficient (Wildman–Crippen LogP) is 4.74. The standard InChI is InChI=1S/C19H27NO/c1-5-9-20-18(19-8-7-17(6-2)21-19)13-16-11-14(3)10-15(4)12-16/h7-8,10-12,18,20H,5-6,9,13H2,1-4H3. The maximum atomic E-state index is 5.96. The van der Waals surface area contributed by atoms with Crippen molar-refractivity contribution in [1.82, 2.24) is 5.32 Å². The lowest BCUT2D eigenvalue weighted by molar-refractivity contribution is 0.392. The number of aryl methyl sites for hydroxylation is 3. The molecule has 1 heterocycles. The molecule has 0 aliphatic rings. The molecule has 0 radical (unpaired) electrons. The Balaban J connectivity index is 2.19. The first-order chi connectivity index (χ1) is 10.1. The first kappa shape index (κ1) is 15.8. The summed E-state index contributed by atoms with van der Waals surface area (Å²) in [6.45, 7) is 9.65. The monoisotopic (exact) mass is 285 g/mol. The third-order valence-electron chi connectivity index (χ3n) is 3.74. The molecule has 1 unspecified atom stereocenters. The van der Waals surface area contributed by atoms with Gasteiger partial charge >= 0.3 is 0 Å². The molecule has 0 amide bonds. The molecule has 2 heteroatoms. The minimum absolute atomic E-state index is 0.256. The number of benzene rings is 1. The molecular weight excluding hydrogens is 258 g/mol. The van der Waals surface area contributed by atoms with Crippen molar-refractivity contribution in [2.75, 3.05) is 6.54 Å². The second-order valence-electron chi connectivity index (χ2n) is 5.86. The first-order valence-electron chi connectivity index (χ1n) is 8.01. The first-order valence-corrected chi connectivity index (χ1v) is 8.01. The van der Waals surface area contributed by atoms with Crippen LogP contribution in [0.25, 0.3) is 0 Å². The van der Waals surface area contributed by atoms with Crippen LogP contribution >= 0.6 is 0 Å². The zero-order valence-corrected chi connectivity index (χ0v) is 13.7. The van der Waals surface area contributed by atoms with E-state index in [1.807, 2.05) is 0 Å². The molecular formula is C19H27NO. The summed E-state index contributed by atoms with van der Waals surface area (Å²) >= 11 is 0. The molecule has 21 heavy (non-hydrogen) atoms. The van der Waals surface area contributed by atoms with E-state index >= 15 is 0 Å². The second kappa shape index (κ2) is 7.46. The van der Waals surface area contributed by atoms with Crippen LogP contribution < -0.4 is 5.32 Å². The molecule has 0 saturated carbocycles. The van der Waals surface area contributed by atoms with Crippen LogP contribution in [0, 0.1) is 13.8 Å². The van der Waals surface area contributed by atoms with E-state index in [9.17, 15) is 0 Å². The lowest BCUT2D eigenvalue weighted by Gasteiger charge is -2.17. The van der Waals surface area contributed by atoms with Crippen LogP contribution in [0.15, 0.2) is 34.7 Å². The Morgan fingerprint density at radius 1 is 1.05 bits per heavy atom. The van der Waals surface area contributed by atoms with Gasteiger partial charge in [0, 0.05) is 6.42 Å². The van der Waals surface area contributed by atoms with Gasteiger partial charge in [-0.1, -0.05) is 43.2 Å². The SMILES string of the molecule is CCCNC(Cc1cc(C)cc(C)c1)c1ccc(CC)o1. The molecule has 0 aliphatic carbocycles. The quantitative estimate of drug-likeness (QED) is 0.794. The van der Waals surface area contributed by atoms with Crippen LogP contribution in [0.4, 0.5) is 0 Å². The van der Waals surface area contributed by atoms with Gasteiger partial charge in [0.05, 0.1) is 6.04 Å². The minimum Gasteiger partial charge on any atom is -0.464 e. The Labute approximate surface area is 128 Å². The van der Waals surface area contributed by atoms with Gasteiger partial charge in [-0.05, 0) is 50.9 Å². The Kier molecular flexibility index (Phi) is 5.63. The van der Waals surface area contributed by atoms with Gasteiger partial charge in [-0.15, -0.1) is 0 Å². The van der Waals surface area contributed by atoms with Crippen LogP contribution in [0.1, 0.15) is 54.5 Å². The van der Waals surface area contributed by atoms with E-state index in [0.717, 1.165) is 37.3 Å². The highest BCUT2D eigenvalue weighted by atomic mass is 16.3. The fourth-order valence-electron chi connectivity index (χ4n) is 2.79. The van der Waals surface area contributed by atoms with Gasteiger partial charge in [-0.3, -0.25) is 0 Å². The van der Waals surface area contributed by atoms with Crippen LogP contribution in [0.2, 0.25) is 0 Å². The van der Waals surface area contributed by atoms with Gasteiger partial charge in [-0.25, -0.2) is 0 Å². The largest absolute Gasteiger partial charge is 0.464 e. The highest BCUT2D eigenvalue weighted by molar-refractivity contribution is 5.30. The van der Waals surface area contributed by atoms with Gasteiger partial charge < -0.3 is 9.73 Å². The molecule has 1 N–H and O–H groups in total. The summed E-state index contributed by atoms with van der Waals surface area (Å²) in [7, 11) is 0. The summed E-state index contributed by atoms with van der Waals surface area (Å²) < 4.78 is 5.96. The smallest absolute Gasteiger partial charge is 0.121 e. The summed E-state index contributed by atoms with van der Waals surface area (Å²) in [5.74, 6) is 2.12. The van der Waals surface area contributed by atoms with Crippen molar-refractivity contribution < 1.29 is 4.42 Å². The van der Waals surface area contributed by atoms with E-state index in [4.69, 9.17) is 4.42 Å². The number of furan rings is 1. The lowest BCUT2D eigenvalue weighted by atomic mass is 10.00. The summed E-state index contributed by atoms with van der Waals surface area (Å²) in [4.78, 5) is 0. The maximum Gasteiger partial charge on any atom is 0.121 e. The van der Waals surface area contributed by atoms with Crippen molar-refractivity contribution in [3.63, 3.8) is 0 Å². The zero-order valence-electron chi connectivity index (χ0n) is 13.7. The number of hydrogen-bond donors (Lipinski definition) is 1. The van der Waals surface area contributed by atoms with Gasteiger partial charge in [0.25, 0.3) is 0 Å². The van der Waals surface area contributed by atoms with Crippen LogP contribution in [0.5, 0.6) is 0 Å². The molecule has 1 aromatic heterocycles. The van der Waals surface area contributed by atoms with E-state index in [-0.39, 0.29) is 6.04 Å². The third kappa shape index (κ3) is 4.47. The third-order valence-corrected chi connectivity index (χ3v) is 3.74. The van der Waals surface area contributed by atoms with Crippen LogP contribution in [-0.4, -0.2) is 6.54 Å². The molecule has 2 nitrogen and oxygen atoms in total. The summed E-state index contributed by atoms with van der Waals surface area (Å²) in [6.07, 6.45) is 3.05. The van der Waals surface area contributed by atoms with Gasteiger partial charge in [0.15, 0.2) is 0 Å². The number of rotatable bonds is 7. The molecule has 0 spiro atoms. The van der Waals surface area contributed by atoms with Crippen LogP contribution in [0.3, 0.4) is 0 Å². The van der Waals surface area contributed by atoms with Crippen molar-refractivity contribution in [1.29, 1.82) is 0 Å². The number of nitrogens with one attached hydrogen (secondary N) is 1. The average Bonchev–Trinajstić information content (AvgIpc) is 2.91. The van der Waals surface area contributed by atoms with Crippen molar-refractivity contribution in [2.45, 2.75) is 53.0 Å². The van der Waals surface area contributed by atoms with Crippen LogP contribution in [-0.2, 0) is 12.8 Å². The molecule has 0 fully saturated rings. The highest BCUT2D eigenvalue weighted by Crippen LogP contribution is 2.22. The molecule has 1 atom stereocenters. The van der Waals surface area contributed by atoms with E-state index in [2.05, 4.69) is 63.3 Å². The molecule has 0 bridgehead atoms. The molecule has 0 saturated heterocycles. The number of hydrogen-bond acceptors (Lipinski definition) is 2. The lowest BCUT2D eigenvalue weighted by Crippen LogP contribution is -2.23. The minimum atomic E-state index is 0.256. The maximum absolute atomic E-state index is 5.96. The zero-order chi connectivity index (χ0) is 15.2. The molecule has 2 rings (SSSR count). The fraction of sp³-hybridized carbons (Fsp3) is 0.474. The van der Waals surface area contributed by atoms with E-state index < -0.39 is 0 Å². The van der Waals surface area contributed by atoms with E-state index in [1.165, 1.54) is 16.7 Å². The Morgan fingerprint density at radius 3 is 2.33 bits per heavy atom. The molecule has 2 aromatic rings. The average molecular weight is 285 g/mol. The van der Waals surface area contributed by atoms with Crippen molar-refractivity contribution in [3.05, 3.63) is 58.5 Å². The van der Waals surface area contributed by atoms with Crippen molar-refractivity contribution >= 4 is 0 Å². The van der Waals surface area contributed by atoms with Gasteiger partial charge in [-0.2, -0.15) is 0 Å². The van der Waals surface area contributed by atoms with Gasteiger partial charge in [0.1, 0.15) is 11.5 Å². The second-order valence-corrected chi connectivity index (χ2v) is 5.86. The van der Waals surface area contributed by atoms with Crippen molar-refractivity contribution in [3.8, 4) is 0 Å². The summed E-state index contributed by atoms with van der Waals surface area (Å²) in [6, 6.07) is 11.2. The van der Waals surface area contributed by atoms with E-state index in [0.29, 0.717) is 0 Å². The highest BCUT2D eigenvalue weighted by Gasteiger charge is 2.15. The molecule has 114 valence electrons. The van der Waals surface area contributed by atoms with Crippen molar-refractivity contribution in [2.24, 2.45) is 0 Å². The Hall–Kier alpha value is -1.54. The fourth-order valence-corrected chi connectivity index (χ4v) is 2.79. The van der Waals surface area contributed by atoms with E-state index in [1.54, 1.807) is 0 Å². The summed E-state index contributed by atoms with van der Waals surface area (Å²) in [5.41, 5.74) is 4.02. The normalized spacial score (nSPS) is 12.6. The Bertz CT molecular complexity index is 550. The summed E-state index contributed by atoms with van der Waals surface area (Å²) in [5, 5.41) is 3.62. The predicted molar refractivity (Wildman–Crippen MR) is 88.7 cm³/mol. The van der Waals surface area contributed by atoms with Gasteiger partial charge in [0.2, 0.25) is 0 Å². The molecule has 1 aromatic carbocycles. The topological polar surface area (TPSA) is 25.2 Å². The molecule has 0 aliphatic heterocycles. The Morgan fingerprint density at radius 2 is 1.76 bits per heavy atom.